The highest BCUT2D eigenvalue weighted by atomic mass is 79.9. The van der Waals surface area contributed by atoms with E-state index in [1.54, 1.807) is 0 Å². The van der Waals surface area contributed by atoms with Gasteiger partial charge in [0.25, 0.3) is 0 Å². The van der Waals surface area contributed by atoms with Crippen molar-refractivity contribution in [1.82, 2.24) is 0 Å². The molecule has 0 saturated heterocycles. The van der Waals surface area contributed by atoms with Gasteiger partial charge in [-0.05, 0) is 29.8 Å². The Labute approximate surface area is 126 Å². The molecule has 2 aromatic rings. The van der Waals surface area contributed by atoms with Gasteiger partial charge in [0.15, 0.2) is 0 Å². The molecule has 0 amide bonds. The molecule has 0 heterocycles. The van der Waals surface area contributed by atoms with Crippen molar-refractivity contribution < 1.29 is 9.90 Å². The summed E-state index contributed by atoms with van der Waals surface area (Å²) in [7, 11) is 0. The minimum atomic E-state index is -0.856. The quantitative estimate of drug-likeness (QED) is 0.863. The van der Waals surface area contributed by atoms with E-state index in [4.69, 9.17) is 0 Å². The first-order valence-corrected chi connectivity index (χ1v) is 6.98. The molecule has 0 aromatic heterocycles. The average molecular weight is 329 g/mol. The van der Waals surface area contributed by atoms with Crippen LogP contribution in [0.15, 0.2) is 59.1 Å². The van der Waals surface area contributed by atoms with Crippen molar-refractivity contribution in [2.75, 3.05) is 0 Å². The van der Waals surface area contributed by atoms with Crippen LogP contribution in [0.1, 0.15) is 23.5 Å². The molecule has 0 spiro atoms. The second-order valence-electron chi connectivity index (χ2n) is 4.32. The number of carboxylic acids is 1. The van der Waals surface area contributed by atoms with Crippen LogP contribution in [0, 0.1) is 11.8 Å². The summed E-state index contributed by atoms with van der Waals surface area (Å²) in [6, 6.07) is 16.9. The summed E-state index contributed by atoms with van der Waals surface area (Å²) < 4.78 is 0.872. The van der Waals surface area contributed by atoms with Gasteiger partial charge in [-0.2, -0.15) is 0 Å². The number of carboxylic acid groups (broad SMARTS) is 1. The fourth-order valence-corrected chi connectivity index (χ4v) is 2.26. The Hall–Kier alpha value is -2.05. The second-order valence-corrected chi connectivity index (χ2v) is 5.23. The van der Waals surface area contributed by atoms with Gasteiger partial charge in [-0.3, -0.25) is 4.79 Å². The lowest BCUT2D eigenvalue weighted by molar-refractivity contribution is -0.138. The van der Waals surface area contributed by atoms with Crippen LogP contribution in [-0.4, -0.2) is 11.1 Å². The summed E-state index contributed by atoms with van der Waals surface area (Å²) in [4.78, 5) is 11.4. The summed E-state index contributed by atoms with van der Waals surface area (Å²) in [5.41, 5.74) is 1.65. The van der Waals surface area contributed by atoms with Gasteiger partial charge in [0.05, 0.1) is 5.92 Å². The summed E-state index contributed by atoms with van der Waals surface area (Å²) in [5, 5.41) is 9.33. The zero-order valence-corrected chi connectivity index (χ0v) is 12.3. The highest BCUT2D eigenvalue weighted by Gasteiger charge is 2.18. The Bertz CT molecular complexity index is 653. The number of rotatable bonds is 3. The predicted molar refractivity (Wildman–Crippen MR) is 82.5 cm³/mol. The topological polar surface area (TPSA) is 37.3 Å². The minimum absolute atomic E-state index is 0.292. The van der Waals surface area contributed by atoms with Gasteiger partial charge in [-0.15, -0.1) is 0 Å². The van der Waals surface area contributed by atoms with E-state index in [0.717, 1.165) is 15.6 Å². The highest BCUT2D eigenvalue weighted by molar-refractivity contribution is 9.10. The van der Waals surface area contributed by atoms with Crippen LogP contribution in [0.3, 0.4) is 0 Å². The fraction of sp³-hybridized carbons (Fsp3) is 0.118. The normalized spacial score (nSPS) is 11.2. The SMILES string of the molecule is O=C(O)C(CC#Cc1ccccc1)c1cccc(Br)c1. The van der Waals surface area contributed by atoms with E-state index in [2.05, 4.69) is 27.8 Å². The van der Waals surface area contributed by atoms with Crippen molar-refractivity contribution in [2.24, 2.45) is 0 Å². The molecule has 0 aliphatic rings. The molecule has 0 bridgehead atoms. The van der Waals surface area contributed by atoms with Gasteiger partial charge >= 0.3 is 5.97 Å². The maximum absolute atomic E-state index is 11.4. The lowest BCUT2D eigenvalue weighted by Gasteiger charge is -2.09. The number of hydrogen-bond donors (Lipinski definition) is 1. The maximum Gasteiger partial charge on any atom is 0.311 e. The molecule has 3 heteroatoms. The van der Waals surface area contributed by atoms with Gasteiger partial charge in [-0.1, -0.05) is 58.1 Å². The number of carbonyl (C=O) groups is 1. The molecule has 0 saturated carbocycles. The zero-order chi connectivity index (χ0) is 14.4. The monoisotopic (exact) mass is 328 g/mol. The van der Waals surface area contributed by atoms with Crippen LogP contribution in [0.2, 0.25) is 0 Å². The van der Waals surface area contributed by atoms with E-state index in [1.165, 1.54) is 0 Å². The molecular formula is C17H13BrO2. The first kappa shape index (κ1) is 14.4. The third-order valence-corrected chi connectivity index (χ3v) is 3.36. The van der Waals surface area contributed by atoms with Crippen molar-refractivity contribution in [3.63, 3.8) is 0 Å². The molecule has 1 N–H and O–H groups in total. The van der Waals surface area contributed by atoms with Crippen LogP contribution < -0.4 is 0 Å². The van der Waals surface area contributed by atoms with Crippen LogP contribution in [-0.2, 0) is 4.79 Å². The standard InChI is InChI=1S/C17H13BrO2/c18-15-10-5-9-14(12-15)16(17(19)20)11-4-8-13-6-2-1-3-7-13/h1-3,5-7,9-10,12,16H,11H2,(H,19,20). The third-order valence-electron chi connectivity index (χ3n) is 2.86. The van der Waals surface area contributed by atoms with E-state index in [0.29, 0.717) is 6.42 Å². The summed E-state index contributed by atoms with van der Waals surface area (Å²) >= 11 is 3.36. The Morgan fingerprint density at radius 1 is 1.15 bits per heavy atom. The molecule has 1 atom stereocenters. The number of hydrogen-bond acceptors (Lipinski definition) is 1. The Kier molecular flexibility index (Phi) is 4.97. The highest BCUT2D eigenvalue weighted by Crippen LogP contribution is 2.23. The number of benzene rings is 2. The van der Waals surface area contributed by atoms with Crippen LogP contribution in [0.4, 0.5) is 0 Å². The Morgan fingerprint density at radius 2 is 1.90 bits per heavy atom. The van der Waals surface area contributed by atoms with Gasteiger partial charge in [-0.25, -0.2) is 0 Å². The van der Waals surface area contributed by atoms with E-state index in [-0.39, 0.29) is 0 Å². The molecule has 100 valence electrons. The maximum atomic E-state index is 11.4. The molecule has 2 nitrogen and oxygen atoms in total. The van der Waals surface area contributed by atoms with Crippen molar-refractivity contribution >= 4 is 21.9 Å². The Morgan fingerprint density at radius 3 is 2.55 bits per heavy atom. The van der Waals surface area contributed by atoms with Crippen molar-refractivity contribution in [1.29, 1.82) is 0 Å². The smallest absolute Gasteiger partial charge is 0.311 e. The summed E-state index contributed by atoms with van der Waals surface area (Å²) in [6.45, 7) is 0. The molecule has 0 radical (unpaired) electrons. The molecular weight excluding hydrogens is 316 g/mol. The second kappa shape index (κ2) is 6.93. The van der Waals surface area contributed by atoms with Crippen molar-refractivity contribution in [2.45, 2.75) is 12.3 Å². The number of aliphatic carboxylic acids is 1. The minimum Gasteiger partial charge on any atom is -0.481 e. The van der Waals surface area contributed by atoms with Gasteiger partial charge < -0.3 is 5.11 Å². The summed E-state index contributed by atoms with van der Waals surface area (Å²) in [6.07, 6.45) is 0.292. The number of halogens is 1. The van der Waals surface area contributed by atoms with Crippen molar-refractivity contribution in [3.05, 3.63) is 70.2 Å². The first-order valence-electron chi connectivity index (χ1n) is 6.19. The predicted octanol–water partition coefficient (Wildman–Crippen LogP) is 4.06. The van der Waals surface area contributed by atoms with Crippen molar-refractivity contribution in [3.8, 4) is 11.8 Å². The van der Waals surface area contributed by atoms with E-state index >= 15 is 0 Å². The van der Waals surface area contributed by atoms with Gasteiger partial charge in [0.2, 0.25) is 0 Å². The molecule has 20 heavy (non-hydrogen) atoms. The lowest BCUT2D eigenvalue weighted by Crippen LogP contribution is -2.10. The fourth-order valence-electron chi connectivity index (χ4n) is 1.85. The molecule has 0 aliphatic heterocycles. The van der Waals surface area contributed by atoms with E-state index < -0.39 is 11.9 Å². The van der Waals surface area contributed by atoms with Gasteiger partial charge in [0.1, 0.15) is 0 Å². The van der Waals surface area contributed by atoms with Crippen LogP contribution in [0.25, 0.3) is 0 Å². The Balaban J connectivity index is 2.16. The van der Waals surface area contributed by atoms with Crippen LogP contribution >= 0.6 is 15.9 Å². The molecule has 2 rings (SSSR count). The first-order chi connectivity index (χ1) is 9.66. The average Bonchev–Trinajstić information content (AvgIpc) is 2.44. The van der Waals surface area contributed by atoms with E-state index in [9.17, 15) is 9.90 Å². The molecule has 0 aliphatic carbocycles. The largest absolute Gasteiger partial charge is 0.481 e. The van der Waals surface area contributed by atoms with Crippen LogP contribution in [0.5, 0.6) is 0 Å². The van der Waals surface area contributed by atoms with Gasteiger partial charge in [0, 0.05) is 16.5 Å². The molecule has 1 unspecified atom stereocenters. The lowest BCUT2D eigenvalue weighted by atomic mass is 9.96. The van der Waals surface area contributed by atoms with E-state index in [1.807, 2.05) is 54.6 Å². The molecule has 0 fully saturated rings. The zero-order valence-electron chi connectivity index (χ0n) is 10.7. The molecule has 2 aromatic carbocycles. The summed E-state index contributed by atoms with van der Waals surface area (Å²) in [5.74, 6) is 4.48. The third kappa shape index (κ3) is 3.97.